The molecule has 26 heavy (non-hydrogen) atoms. The normalized spacial score (nSPS) is 13.4. The molecule has 134 valence electrons. The predicted octanol–water partition coefficient (Wildman–Crippen LogP) is 4.52. The van der Waals surface area contributed by atoms with Crippen LogP contribution in [0, 0.1) is 0 Å². The third-order valence-corrected chi connectivity index (χ3v) is 5.07. The van der Waals surface area contributed by atoms with Crippen LogP contribution in [0.25, 0.3) is 10.4 Å². The van der Waals surface area contributed by atoms with E-state index in [4.69, 9.17) is 0 Å². The van der Waals surface area contributed by atoms with Crippen molar-refractivity contribution in [2.75, 3.05) is 0 Å². The lowest BCUT2D eigenvalue weighted by molar-refractivity contribution is 0.0944. The van der Waals surface area contributed by atoms with E-state index in [1.807, 2.05) is 62.4 Å². The summed E-state index contributed by atoms with van der Waals surface area (Å²) in [6, 6.07) is 11.3. The van der Waals surface area contributed by atoms with E-state index in [1.54, 1.807) is 0 Å². The summed E-state index contributed by atoms with van der Waals surface area (Å²) >= 11 is 1.45. The van der Waals surface area contributed by atoms with E-state index < -0.39 is 0 Å². The highest BCUT2D eigenvalue weighted by molar-refractivity contribution is 7.17. The van der Waals surface area contributed by atoms with Crippen molar-refractivity contribution in [2.24, 2.45) is 0 Å². The molecular weight excluding hydrogens is 344 g/mol. The molecule has 2 N–H and O–H groups in total. The number of benzene rings is 1. The molecule has 0 radical (unpaired) electrons. The molecule has 0 bridgehead atoms. The molecule has 4 nitrogen and oxygen atoms in total. The summed E-state index contributed by atoms with van der Waals surface area (Å²) in [4.78, 5) is 26.1. The molecule has 0 aliphatic heterocycles. The first-order valence-electron chi connectivity index (χ1n) is 8.72. The van der Waals surface area contributed by atoms with Crippen LogP contribution in [0.15, 0.2) is 60.3 Å². The minimum atomic E-state index is -0.113. The van der Waals surface area contributed by atoms with Gasteiger partial charge in [-0.1, -0.05) is 24.3 Å². The maximum absolute atomic E-state index is 12.3. The van der Waals surface area contributed by atoms with Crippen LogP contribution in [0.1, 0.15) is 46.7 Å². The van der Waals surface area contributed by atoms with E-state index in [-0.39, 0.29) is 17.9 Å². The molecule has 1 aromatic heterocycles. The Balaban J connectivity index is 1.68. The van der Waals surface area contributed by atoms with E-state index in [0.717, 1.165) is 29.0 Å². The first-order chi connectivity index (χ1) is 12.5. The van der Waals surface area contributed by atoms with Crippen LogP contribution in [0.3, 0.4) is 0 Å². The minimum absolute atomic E-state index is 0.0546. The van der Waals surface area contributed by atoms with Gasteiger partial charge in [0.15, 0.2) is 0 Å². The van der Waals surface area contributed by atoms with Crippen LogP contribution >= 0.6 is 11.3 Å². The average molecular weight is 366 g/mol. The lowest BCUT2D eigenvalue weighted by atomic mass is 10.1. The van der Waals surface area contributed by atoms with Gasteiger partial charge in [-0.2, -0.15) is 0 Å². The van der Waals surface area contributed by atoms with Crippen molar-refractivity contribution in [1.82, 2.24) is 10.6 Å². The average Bonchev–Trinajstić information content (AvgIpc) is 3.12. The highest BCUT2D eigenvalue weighted by Gasteiger charge is 2.12. The topological polar surface area (TPSA) is 58.2 Å². The Labute approximate surface area is 157 Å². The van der Waals surface area contributed by atoms with E-state index in [9.17, 15) is 9.59 Å². The van der Waals surface area contributed by atoms with Gasteiger partial charge in [-0.25, -0.2) is 0 Å². The second-order valence-corrected chi connectivity index (χ2v) is 7.55. The molecule has 1 heterocycles. The summed E-state index contributed by atoms with van der Waals surface area (Å²) in [5.74, 6) is -0.168. The summed E-state index contributed by atoms with van der Waals surface area (Å²) in [6.45, 7) is 3.88. The Morgan fingerprint density at radius 3 is 2.42 bits per heavy atom. The number of nitrogens with one attached hydrogen (secondary N) is 2. The van der Waals surface area contributed by atoms with Crippen molar-refractivity contribution in [1.29, 1.82) is 0 Å². The van der Waals surface area contributed by atoms with E-state index in [2.05, 4.69) is 16.7 Å². The van der Waals surface area contributed by atoms with Crippen LogP contribution in [0.2, 0.25) is 0 Å². The zero-order chi connectivity index (χ0) is 18.5. The molecule has 0 atom stereocenters. The number of thiophene rings is 1. The highest BCUT2D eigenvalue weighted by atomic mass is 32.1. The van der Waals surface area contributed by atoms with Gasteiger partial charge in [0, 0.05) is 22.2 Å². The summed E-state index contributed by atoms with van der Waals surface area (Å²) in [6.07, 6.45) is 8.00. The maximum Gasteiger partial charge on any atom is 0.261 e. The fraction of sp³-hybridized carbons (Fsp3) is 0.238. The van der Waals surface area contributed by atoms with E-state index >= 15 is 0 Å². The number of carbonyl (C=O) groups excluding carboxylic acids is 2. The number of hydrogen-bond acceptors (Lipinski definition) is 3. The molecule has 3 rings (SSSR count). The molecule has 5 heteroatoms. The van der Waals surface area contributed by atoms with Gasteiger partial charge in [0.2, 0.25) is 0 Å². The molecule has 0 saturated heterocycles. The Hall–Kier alpha value is -2.66. The summed E-state index contributed by atoms with van der Waals surface area (Å²) in [7, 11) is 0. The van der Waals surface area contributed by atoms with Gasteiger partial charge in [-0.05, 0) is 62.6 Å². The summed E-state index contributed by atoms with van der Waals surface area (Å²) < 4.78 is 0. The zero-order valence-corrected chi connectivity index (χ0v) is 15.7. The van der Waals surface area contributed by atoms with Crippen molar-refractivity contribution < 1.29 is 9.59 Å². The first kappa shape index (κ1) is 18.1. The second kappa shape index (κ2) is 8.15. The highest BCUT2D eigenvalue weighted by Crippen LogP contribution is 2.28. The number of allylic oxidation sites excluding steroid dienone is 3. The van der Waals surface area contributed by atoms with Gasteiger partial charge in [-0.15, -0.1) is 11.3 Å². The van der Waals surface area contributed by atoms with E-state index in [0.29, 0.717) is 10.4 Å². The number of carbonyl (C=O) groups is 2. The van der Waals surface area contributed by atoms with Gasteiger partial charge in [-0.3, -0.25) is 9.59 Å². The zero-order valence-electron chi connectivity index (χ0n) is 14.9. The Morgan fingerprint density at radius 2 is 1.77 bits per heavy atom. The van der Waals surface area contributed by atoms with Gasteiger partial charge in [0.05, 0.1) is 4.88 Å². The third kappa shape index (κ3) is 4.49. The van der Waals surface area contributed by atoms with Crippen LogP contribution in [0.4, 0.5) is 0 Å². The molecule has 1 aromatic carbocycles. The monoisotopic (exact) mass is 366 g/mol. The quantitative estimate of drug-likeness (QED) is 0.817. The van der Waals surface area contributed by atoms with Gasteiger partial charge in [0.1, 0.15) is 0 Å². The van der Waals surface area contributed by atoms with Gasteiger partial charge < -0.3 is 10.6 Å². The standard InChI is InChI=1S/C21H22N2O2S/c1-14(2)22-21(25)19-13-12-18(26-19)15-8-10-16(11-9-15)20(24)23-17-6-4-3-5-7-17/h4,6-14H,3,5H2,1-2H3,(H,22,25)(H,23,24). The van der Waals surface area contributed by atoms with Gasteiger partial charge in [0.25, 0.3) is 11.8 Å². The Morgan fingerprint density at radius 1 is 1.00 bits per heavy atom. The lowest BCUT2D eigenvalue weighted by Crippen LogP contribution is -2.29. The lowest BCUT2D eigenvalue weighted by Gasteiger charge is -2.09. The molecule has 2 amide bonds. The minimum Gasteiger partial charge on any atom is -0.349 e. The number of amides is 2. The molecule has 0 unspecified atom stereocenters. The summed E-state index contributed by atoms with van der Waals surface area (Å²) in [5, 5.41) is 5.81. The molecule has 0 fully saturated rings. The maximum atomic E-state index is 12.3. The smallest absolute Gasteiger partial charge is 0.261 e. The van der Waals surface area contributed by atoms with Crippen molar-refractivity contribution in [3.05, 3.63) is 70.8 Å². The molecule has 1 aliphatic rings. The van der Waals surface area contributed by atoms with Crippen molar-refractivity contribution in [2.45, 2.75) is 32.7 Å². The fourth-order valence-electron chi connectivity index (χ4n) is 2.64. The fourth-order valence-corrected chi connectivity index (χ4v) is 3.56. The predicted molar refractivity (Wildman–Crippen MR) is 106 cm³/mol. The number of hydrogen-bond donors (Lipinski definition) is 2. The second-order valence-electron chi connectivity index (χ2n) is 6.46. The molecule has 1 aliphatic carbocycles. The largest absolute Gasteiger partial charge is 0.349 e. The summed E-state index contributed by atoms with van der Waals surface area (Å²) in [5.41, 5.74) is 2.46. The number of rotatable bonds is 5. The van der Waals surface area contributed by atoms with Crippen LogP contribution in [0.5, 0.6) is 0 Å². The molecule has 0 saturated carbocycles. The van der Waals surface area contributed by atoms with Crippen molar-refractivity contribution in [3.8, 4) is 10.4 Å². The van der Waals surface area contributed by atoms with Crippen molar-refractivity contribution in [3.63, 3.8) is 0 Å². The third-order valence-electron chi connectivity index (χ3n) is 3.93. The van der Waals surface area contributed by atoms with Crippen LogP contribution in [-0.2, 0) is 0 Å². The molecule has 0 spiro atoms. The van der Waals surface area contributed by atoms with Crippen LogP contribution < -0.4 is 10.6 Å². The Bertz CT molecular complexity index is 860. The SMILES string of the molecule is CC(C)NC(=O)c1ccc(-c2ccc(C(=O)NC3=CCCC=C3)cc2)s1. The molecule has 2 aromatic rings. The first-order valence-corrected chi connectivity index (χ1v) is 9.54. The molecular formula is C21H22N2O2S. The van der Waals surface area contributed by atoms with Crippen LogP contribution in [-0.4, -0.2) is 17.9 Å². The van der Waals surface area contributed by atoms with Crippen molar-refractivity contribution >= 4 is 23.2 Å². The van der Waals surface area contributed by atoms with E-state index in [1.165, 1.54) is 11.3 Å². The Kier molecular flexibility index (Phi) is 5.68. The van der Waals surface area contributed by atoms with Gasteiger partial charge >= 0.3 is 0 Å².